The third-order valence-corrected chi connectivity index (χ3v) is 6.60. The average molecular weight is 394 g/mol. The quantitative estimate of drug-likeness (QED) is 0.795. The first-order chi connectivity index (χ1) is 12.8. The van der Waals surface area contributed by atoms with E-state index in [2.05, 4.69) is 34.3 Å². The molecular formula is C18H27N5O3S. The van der Waals surface area contributed by atoms with Gasteiger partial charge in [-0.2, -0.15) is 0 Å². The summed E-state index contributed by atoms with van der Waals surface area (Å²) in [6, 6.07) is 6.69. The number of benzene rings is 1. The summed E-state index contributed by atoms with van der Waals surface area (Å²) in [6.07, 6.45) is 1.13. The lowest BCUT2D eigenvalue weighted by Crippen LogP contribution is -2.41. The molecule has 0 amide bonds. The topological polar surface area (TPSA) is 101 Å². The zero-order valence-corrected chi connectivity index (χ0v) is 16.8. The number of aromatic nitrogens is 4. The van der Waals surface area contributed by atoms with Crippen LogP contribution in [0.3, 0.4) is 0 Å². The summed E-state index contributed by atoms with van der Waals surface area (Å²) in [5, 5.41) is 21.6. The van der Waals surface area contributed by atoms with E-state index in [1.165, 1.54) is 4.68 Å². The predicted octanol–water partition coefficient (Wildman–Crippen LogP) is 1.57. The van der Waals surface area contributed by atoms with Crippen molar-refractivity contribution in [1.82, 2.24) is 25.1 Å². The monoisotopic (exact) mass is 393 g/mol. The molecule has 0 radical (unpaired) electrons. The van der Waals surface area contributed by atoms with E-state index in [0.29, 0.717) is 18.7 Å². The van der Waals surface area contributed by atoms with Crippen molar-refractivity contribution in [3.05, 3.63) is 35.7 Å². The minimum Gasteiger partial charge on any atom is -0.393 e. The molecule has 1 aromatic heterocycles. The Morgan fingerprint density at radius 1 is 1.19 bits per heavy atom. The van der Waals surface area contributed by atoms with Crippen LogP contribution in [-0.2, 0) is 15.7 Å². The van der Waals surface area contributed by atoms with Gasteiger partial charge in [0.25, 0.3) is 0 Å². The first-order valence-electron chi connectivity index (χ1n) is 9.25. The number of hydrogen-bond acceptors (Lipinski definition) is 7. The number of hydrogen-bond donors (Lipinski definition) is 1. The van der Waals surface area contributed by atoms with Gasteiger partial charge in [0.2, 0.25) is 0 Å². The Hall–Kier alpha value is -1.84. The molecule has 1 atom stereocenters. The summed E-state index contributed by atoms with van der Waals surface area (Å²) in [6.45, 7) is 7.54. The van der Waals surface area contributed by atoms with Crippen molar-refractivity contribution in [2.24, 2.45) is 5.92 Å². The summed E-state index contributed by atoms with van der Waals surface area (Å²) in [4.78, 5) is 2.50. The molecule has 3 rings (SSSR count). The fourth-order valence-electron chi connectivity index (χ4n) is 3.54. The Morgan fingerprint density at radius 3 is 2.41 bits per heavy atom. The Morgan fingerprint density at radius 2 is 1.81 bits per heavy atom. The Labute approximate surface area is 160 Å². The van der Waals surface area contributed by atoms with Crippen LogP contribution in [0.1, 0.15) is 44.1 Å². The molecule has 0 spiro atoms. The number of piperidine rings is 1. The molecule has 0 bridgehead atoms. The Bertz CT molecular complexity index is 855. The maximum Gasteiger partial charge on any atom is 0.198 e. The van der Waals surface area contributed by atoms with Crippen molar-refractivity contribution >= 4 is 9.84 Å². The molecule has 1 N–H and O–H groups in total. The predicted molar refractivity (Wildman–Crippen MR) is 101 cm³/mol. The van der Waals surface area contributed by atoms with Crippen molar-refractivity contribution in [2.45, 2.75) is 56.5 Å². The molecular weight excluding hydrogens is 366 g/mol. The van der Waals surface area contributed by atoms with Crippen LogP contribution in [0.5, 0.6) is 0 Å². The first kappa shape index (κ1) is 19.9. The van der Waals surface area contributed by atoms with E-state index in [4.69, 9.17) is 0 Å². The summed E-state index contributed by atoms with van der Waals surface area (Å²) < 4.78 is 27.0. The maximum atomic E-state index is 12.8. The third-order valence-electron chi connectivity index (χ3n) is 5.02. The highest BCUT2D eigenvalue weighted by molar-refractivity contribution is 7.90. The van der Waals surface area contributed by atoms with E-state index < -0.39 is 9.84 Å². The van der Waals surface area contributed by atoms with Gasteiger partial charge in [0.05, 0.1) is 17.0 Å². The van der Waals surface area contributed by atoms with Crippen molar-refractivity contribution in [2.75, 3.05) is 13.1 Å². The minimum atomic E-state index is -3.56. The van der Waals surface area contributed by atoms with Crippen LogP contribution in [0, 0.1) is 12.8 Å². The number of aliphatic hydroxyl groups excluding tert-OH is 1. The molecule has 0 aliphatic carbocycles. The van der Waals surface area contributed by atoms with Gasteiger partial charge in [0.1, 0.15) is 0 Å². The van der Waals surface area contributed by atoms with Crippen LogP contribution in [0.15, 0.2) is 29.2 Å². The summed E-state index contributed by atoms with van der Waals surface area (Å²) in [7, 11) is -3.56. The zero-order valence-electron chi connectivity index (χ0n) is 16.0. The fourth-order valence-corrected chi connectivity index (χ4v) is 4.75. The number of aryl methyl sites for hydroxylation is 1. The van der Waals surface area contributed by atoms with Gasteiger partial charge in [-0.15, -0.1) is 5.10 Å². The summed E-state index contributed by atoms with van der Waals surface area (Å²) >= 11 is 0. The standard InChI is InChI=1S/C18H27N5O3S/c1-13(2)17(22-10-8-15(24)9-11-22)18-19-20-21-23(18)12-27(25,26)16-6-4-14(3)5-7-16/h4-7,13,15,17,24H,8-12H2,1-3H3/t17-/m0/s1. The van der Waals surface area contributed by atoms with Gasteiger partial charge < -0.3 is 5.11 Å². The van der Waals surface area contributed by atoms with Crippen LogP contribution in [0.4, 0.5) is 0 Å². The molecule has 1 aliphatic heterocycles. The SMILES string of the molecule is Cc1ccc(S(=O)(=O)Cn2nnnc2[C@H](C(C)C)N2CCC(O)CC2)cc1. The van der Waals surface area contributed by atoms with Crippen LogP contribution in [0.2, 0.25) is 0 Å². The second-order valence-corrected chi connectivity index (χ2v) is 9.51. The number of likely N-dealkylation sites (tertiary alicyclic amines) is 1. The van der Waals surface area contributed by atoms with E-state index >= 15 is 0 Å². The first-order valence-corrected chi connectivity index (χ1v) is 10.9. The molecule has 8 nitrogen and oxygen atoms in total. The Balaban J connectivity index is 1.86. The summed E-state index contributed by atoms with van der Waals surface area (Å²) in [5.41, 5.74) is 1.00. The molecule has 9 heteroatoms. The van der Waals surface area contributed by atoms with Crippen molar-refractivity contribution in [3.8, 4) is 0 Å². The second kappa shape index (κ2) is 8.04. The van der Waals surface area contributed by atoms with Crippen LogP contribution in [-0.4, -0.2) is 57.8 Å². The van der Waals surface area contributed by atoms with E-state index in [-0.39, 0.29) is 28.8 Å². The second-order valence-electron chi connectivity index (χ2n) is 7.55. The van der Waals surface area contributed by atoms with E-state index in [0.717, 1.165) is 18.7 Å². The molecule has 2 heterocycles. The zero-order chi connectivity index (χ0) is 19.6. The Kier molecular flexibility index (Phi) is 5.92. The van der Waals surface area contributed by atoms with Gasteiger partial charge >= 0.3 is 0 Å². The normalized spacial score (nSPS) is 18.1. The largest absolute Gasteiger partial charge is 0.393 e. The van der Waals surface area contributed by atoms with Gasteiger partial charge in [-0.25, -0.2) is 13.1 Å². The average Bonchev–Trinajstić information content (AvgIpc) is 3.04. The lowest BCUT2D eigenvalue weighted by molar-refractivity contribution is 0.0437. The molecule has 1 fully saturated rings. The number of nitrogens with zero attached hydrogens (tertiary/aromatic N) is 5. The highest BCUT2D eigenvalue weighted by Gasteiger charge is 2.32. The maximum absolute atomic E-state index is 12.8. The van der Waals surface area contributed by atoms with Crippen LogP contribution < -0.4 is 0 Å². The lowest BCUT2D eigenvalue weighted by atomic mass is 9.98. The smallest absolute Gasteiger partial charge is 0.198 e. The molecule has 0 unspecified atom stereocenters. The number of aliphatic hydroxyl groups is 1. The number of sulfone groups is 1. The lowest BCUT2D eigenvalue weighted by Gasteiger charge is -2.37. The van der Waals surface area contributed by atoms with E-state index in [1.807, 2.05) is 6.92 Å². The number of tetrazole rings is 1. The van der Waals surface area contributed by atoms with Crippen molar-refractivity contribution in [1.29, 1.82) is 0 Å². The van der Waals surface area contributed by atoms with E-state index in [1.54, 1.807) is 24.3 Å². The molecule has 1 aromatic carbocycles. The van der Waals surface area contributed by atoms with Crippen LogP contribution >= 0.6 is 0 Å². The van der Waals surface area contributed by atoms with Gasteiger partial charge in [-0.3, -0.25) is 4.90 Å². The third kappa shape index (κ3) is 4.53. The van der Waals surface area contributed by atoms with Crippen molar-refractivity contribution < 1.29 is 13.5 Å². The van der Waals surface area contributed by atoms with Crippen molar-refractivity contribution in [3.63, 3.8) is 0 Å². The molecule has 148 valence electrons. The molecule has 27 heavy (non-hydrogen) atoms. The molecule has 1 saturated heterocycles. The van der Waals surface area contributed by atoms with Gasteiger partial charge in [0.15, 0.2) is 21.5 Å². The van der Waals surface area contributed by atoms with Gasteiger partial charge in [-0.1, -0.05) is 31.5 Å². The molecule has 1 aliphatic rings. The van der Waals surface area contributed by atoms with Gasteiger partial charge in [0, 0.05) is 13.1 Å². The van der Waals surface area contributed by atoms with E-state index in [9.17, 15) is 13.5 Å². The van der Waals surface area contributed by atoms with Gasteiger partial charge in [-0.05, 0) is 48.2 Å². The summed E-state index contributed by atoms with van der Waals surface area (Å²) in [5.74, 6) is 0.460. The minimum absolute atomic E-state index is 0.0966. The molecule has 2 aromatic rings. The molecule has 0 saturated carbocycles. The highest BCUT2D eigenvalue weighted by atomic mass is 32.2. The number of rotatable bonds is 6. The van der Waals surface area contributed by atoms with Crippen LogP contribution in [0.25, 0.3) is 0 Å². The fraction of sp³-hybridized carbons (Fsp3) is 0.611. The highest BCUT2D eigenvalue weighted by Crippen LogP contribution is 2.30.